The molecule has 0 fully saturated rings. The van der Waals surface area contributed by atoms with Gasteiger partial charge in [-0.25, -0.2) is 4.79 Å². The van der Waals surface area contributed by atoms with Crippen LogP contribution in [0, 0.1) is 13.8 Å². The predicted molar refractivity (Wildman–Crippen MR) is 111 cm³/mol. The Morgan fingerprint density at radius 3 is 2.16 bits per heavy atom. The van der Waals surface area contributed by atoms with Crippen molar-refractivity contribution in [2.24, 2.45) is 0 Å². The van der Waals surface area contributed by atoms with Crippen molar-refractivity contribution < 1.29 is 14.3 Å². The van der Waals surface area contributed by atoms with E-state index in [2.05, 4.69) is 0 Å². The number of para-hydroxylation sites is 1. The van der Waals surface area contributed by atoms with Crippen LogP contribution in [0.3, 0.4) is 0 Å². The molecule has 1 atom stereocenters. The highest BCUT2D eigenvalue weighted by Gasteiger charge is 2.31. The molecular weight excluding hydrogens is 376 g/mol. The summed E-state index contributed by atoms with van der Waals surface area (Å²) < 4.78 is 6.66. The number of carbonyl (C=O) groups excluding carboxylic acids is 2. The Bertz CT molecular complexity index is 628. The van der Waals surface area contributed by atoms with Crippen LogP contribution in [0.5, 0.6) is 0 Å². The minimum absolute atomic E-state index is 0.0477. The summed E-state index contributed by atoms with van der Waals surface area (Å²) in [6.07, 6.45) is 3.84. The standard InChI is InChI=1S/C17H24N2O3S3/c1-11-8-7-9-12(2)16(11)18(13(3)17(21)22-4)14(20)10-15(23)19(24-5)25-6/h7-9,13H,10H2,1-6H3. The Morgan fingerprint density at radius 1 is 1.20 bits per heavy atom. The largest absolute Gasteiger partial charge is 0.467 e. The number of benzene rings is 1. The van der Waals surface area contributed by atoms with E-state index in [-0.39, 0.29) is 12.3 Å². The number of anilines is 1. The van der Waals surface area contributed by atoms with Gasteiger partial charge in [-0.2, -0.15) is 0 Å². The van der Waals surface area contributed by atoms with Crippen LogP contribution in [0.1, 0.15) is 24.5 Å². The monoisotopic (exact) mass is 400 g/mol. The average molecular weight is 401 g/mol. The summed E-state index contributed by atoms with van der Waals surface area (Å²) in [5.41, 5.74) is 2.57. The van der Waals surface area contributed by atoms with Crippen molar-refractivity contribution in [3.8, 4) is 0 Å². The zero-order valence-electron chi connectivity index (χ0n) is 15.4. The number of esters is 1. The molecule has 5 nitrogen and oxygen atoms in total. The molecule has 0 aliphatic carbocycles. The van der Waals surface area contributed by atoms with Crippen LogP contribution in [-0.4, -0.2) is 46.2 Å². The summed E-state index contributed by atoms with van der Waals surface area (Å²) in [5, 5.41) is 0. The van der Waals surface area contributed by atoms with Crippen LogP contribution < -0.4 is 4.90 Å². The molecule has 0 N–H and O–H groups in total. The second-order valence-corrected chi connectivity index (χ2v) is 7.56. The molecule has 0 radical (unpaired) electrons. The molecule has 138 valence electrons. The highest BCUT2D eigenvalue weighted by atomic mass is 32.2. The van der Waals surface area contributed by atoms with E-state index in [1.807, 2.05) is 44.6 Å². The quantitative estimate of drug-likeness (QED) is 0.392. The van der Waals surface area contributed by atoms with Gasteiger partial charge >= 0.3 is 5.97 Å². The lowest BCUT2D eigenvalue weighted by Crippen LogP contribution is -2.45. The summed E-state index contributed by atoms with van der Waals surface area (Å²) >= 11 is 8.28. The minimum Gasteiger partial charge on any atom is -0.467 e. The van der Waals surface area contributed by atoms with Gasteiger partial charge in [-0.1, -0.05) is 30.4 Å². The third-order valence-electron chi connectivity index (χ3n) is 3.72. The molecule has 0 aromatic heterocycles. The van der Waals surface area contributed by atoms with Crippen LogP contribution in [0.2, 0.25) is 0 Å². The lowest BCUT2D eigenvalue weighted by Gasteiger charge is -2.31. The Morgan fingerprint density at radius 2 is 1.72 bits per heavy atom. The number of aryl methyl sites for hydroxylation is 2. The number of hydrogen-bond acceptors (Lipinski definition) is 6. The first kappa shape index (κ1) is 21.8. The third-order valence-corrected chi connectivity index (χ3v) is 6.27. The third kappa shape index (κ3) is 5.36. The van der Waals surface area contributed by atoms with Crippen LogP contribution >= 0.6 is 36.1 Å². The second kappa shape index (κ2) is 10.0. The van der Waals surface area contributed by atoms with Crippen molar-refractivity contribution in [2.45, 2.75) is 33.2 Å². The zero-order chi connectivity index (χ0) is 19.1. The Balaban J connectivity index is 3.26. The maximum absolute atomic E-state index is 13.0. The van der Waals surface area contributed by atoms with Crippen LogP contribution in [0.4, 0.5) is 5.69 Å². The normalized spacial score (nSPS) is 11.6. The topological polar surface area (TPSA) is 49.9 Å². The van der Waals surface area contributed by atoms with Crippen molar-refractivity contribution in [3.05, 3.63) is 29.3 Å². The van der Waals surface area contributed by atoms with Crippen LogP contribution in [-0.2, 0) is 14.3 Å². The van der Waals surface area contributed by atoms with Crippen LogP contribution in [0.15, 0.2) is 18.2 Å². The van der Waals surface area contributed by atoms with Gasteiger partial charge in [-0.05, 0) is 55.8 Å². The summed E-state index contributed by atoms with van der Waals surface area (Å²) in [7, 11) is 1.32. The van der Waals surface area contributed by atoms with Gasteiger partial charge in [0.15, 0.2) is 0 Å². The first-order valence-corrected chi connectivity index (χ1v) is 10.4. The lowest BCUT2D eigenvalue weighted by molar-refractivity contribution is -0.143. The number of thiocarbonyl (C=S) groups is 1. The number of nitrogens with zero attached hydrogens (tertiary/aromatic N) is 2. The molecule has 1 aromatic carbocycles. The van der Waals surface area contributed by atoms with Gasteiger partial charge in [0.05, 0.1) is 19.2 Å². The molecule has 0 aliphatic heterocycles. The molecule has 0 saturated carbocycles. The second-order valence-electron chi connectivity index (χ2n) is 5.40. The van der Waals surface area contributed by atoms with Crippen molar-refractivity contribution in [1.29, 1.82) is 0 Å². The Hall–Kier alpha value is -1.25. The fourth-order valence-corrected chi connectivity index (χ4v) is 4.26. The molecule has 8 heteroatoms. The van der Waals surface area contributed by atoms with Gasteiger partial charge in [-0.15, -0.1) is 0 Å². The number of ether oxygens (including phenoxy) is 1. The van der Waals surface area contributed by atoms with Gasteiger partial charge in [0.2, 0.25) is 5.91 Å². The van der Waals surface area contributed by atoms with E-state index in [0.29, 0.717) is 4.99 Å². The summed E-state index contributed by atoms with van der Waals surface area (Å²) in [5.74, 6) is -0.693. The number of rotatable bonds is 7. The summed E-state index contributed by atoms with van der Waals surface area (Å²) in [6.45, 7) is 5.50. The molecule has 0 heterocycles. The number of methoxy groups -OCH3 is 1. The SMILES string of the molecule is COC(=O)C(C)N(C(=O)CC(=S)N(SC)SC)c1c(C)cccc1C. The fourth-order valence-electron chi connectivity index (χ4n) is 2.55. The van der Waals surface area contributed by atoms with Gasteiger partial charge in [0.1, 0.15) is 11.0 Å². The van der Waals surface area contributed by atoms with Gasteiger partial charge in [-0.3, -0.25) is 13.4 Å². The van der Waals surface area contributed by atoms with E-state index in [1.165, 1.54) is 35.9 Å². The average Bonchev–Trinajstić information content (AvgIpc) is 2.57. The maximum atomic E-state index is 13.0. The molecule has 1 rings (SSSR count). The van der Waals surface area contributed by atoms with Crippen molar-refractivity contribution >= 4 is 58.7 Å². The zero-order valence-corrected chi connectivity index (χ0v) is 17.8. The van der Waals surface area contributed by atoms with E-state index in [0.717, 1.165) is 16.8 Å². The summed E-state index contributed by atoms with van der Waals surface area (Å²) in [6, 6.07) is 5.02. The van der Waals surface area contributed by atoms with E-state index in [9.17, 15) is 9.59 Å². The summed E-state index contributed by atoms with van der Waals surface area (Å²) in [4.78, 5) is 27.2. The molecule has 0 saturated heterocycles. The predicted octanol–water partition coefficient (Wildman–Crippen LogP) is 3.77. The number of hydrogen-bond donors (Lipinski definition) is 0. The molecule has 1 amide bonds. The molecule has 1 unspecified atom stereocenters. The van der Waals surface area contributed by atoms with E-state index in [4.69, 9.17) is 17.0 Å². The first-order chi connectivity index (χ1) is 11.8. The number of carbonyl (C=O) groups is 2. The fraction of sp³-hybridized carbons (Fsp3) is 0.471. The Labute approximate surface area is 163 Å². The molecule has 0 bridgehead atoms. The highest BCUT2D eigenvalue weighted by Crippen LogP contribution is 2.28. The number of amides is 1. The van der Waals surface area contributed by atoms with E-state index in [1.54, 1.807) is 10.6 Å². The smallest absolute Gasteiger partial charge is 0.328 e. The van der Waals surface area contributed by atoms with Gasteiger partial charge in [0.25, 0.3) is 0 Å². The van der Waals surface area contributed by atoms with E-state index >= 15 is 0 Å². The molecule has 0 spiro atoms. The van der Waals surface area contributed by atoms with Crippen molar-refractivity contribution in [2.75, 3.05) is 24.5 Å². The highest BCUT2D eigenvalue weighted by molar-refractivity contribution is 8.13. The van der Waals surface area contributed by atoms with Crippen molar-refractivity contribution in [3.63, 3.8) is 0 Å². The van der Waals surface area contributed by atoms with Crippen molar-refractivity contribution in [1.82, 2.24) is 3.71 Å². The molecule has 0 aliphatic rings. The lowest BCUT2D eigenvalue weighted by atomic mass is 10.1. The minimum atomic E-state index is -0.739. The van der Waals surface area contributed by atoms with E-state index < -0.39 is 12.0 Å². The first-order valence-electron chi connectivity index (χ1n) is 7.65. The molecule has 1 aromatic rings. The van der Waals surface area contributed by atoms with Crippen LogP contribution in [0.25, 0.3) is 0 Å². The van der Waals surface area contributed by atoms with Gasteiger partial charge in [0, 0.05) is 12.5 Å². The Kier molecular flexibility index (Phi) is 8.75. The molecule has 25 heavy (non-hydrogen) atoms. The molecular formula is C17H24N2O3S3. The van der Waals surface area contributed by atoms with Gasteiger partial charge < -0.3 is 4.74 Å². The maximum Gasteiger partial charge on any atom is 0.328 e.